The van der Waals surface area contributed by atoms with E-state index in [1.54, 1.807) is 24.3 Å². The summed E-state index contributed by atoms with van der Waals surface area (Å²) in [5, 5.41) is 0. The summed E-state index contributed by atoms with van der Waals surface area (Å²) >= 11 is 0. The van der Waals surface area contributed by atoms with Gasteiger partial charge >= 0.3 is 0 Å². The van der Waals surface area contributed by atoms with Crippen molar-refractivity contribution in [2.45, 2.75) is 0 Å². The van der Waals surface area contributed by atoms with E-state index in [0.717, 1.165) is 6.26 Å². The zero-order valence-electron chi connectivity index (χ0n) is 7.97. The molecule has 0 saturated carbocycles. The molecule has 0 aromatic heterocycles. The van der Waals surface area contributed by atoms with Crippen molar-refractivity contribution >= 4 is 15.7 Å². The van der Waals surface area contributed by atoms with Gasteiger partial charge in [0.05, 0.1) is 19.1 Å². The molecule has 0 bridgehead atoms. The number of benzene rings is 1. The van der Waals surface area contributed by atoms with E-state index < -0.39 is 10.0 Å². The molecular formula is C8H12N2O3S. The van der Waals surface area contributed by atoms with Gasteiger partial charge in [0.1, 0.15) is 5.75 Å². The van der Waals surface area contributed by atoms with E-state index in [4.69, 9.17) is 10.6 Å². The highest BCUT2D eigenvalue weighted by Gasteiger charge is 2.12. The van der Waals surface area contributed by atoms with Gasteiger partial charge in [0, 0.05) is 6.07 Å². The lowest BCUT2D eigenvalue weighted by atomic mass is 10.3. The maximum absolute atomic E-state index is 11.1. The number of hydrogen-bond donors (Lipinski definition) is 1. The summed E-state index contributed by atoms with van der Waals surface area (Å²) in [5.74, 6) is 5.94. The Labute approximate surface area is 83.1 Å². The first-order chi connectivity index (χ1) is 6.45. The van der Waals surface area contributed by atoms with Gasteiger partial charge in [-0.05, 0) is 12.1 Å². The first-order valence-corrected chi connectivity index (χ1v) is 5.69. The molecular weight excluding hydrogens is 204 g/mol. The number of anilines is 1. The van der Waals surface area contributed by atoms with Crippen LogP contribution in [0.2, 0.25) is 0 Å². The summed E-state index contributed by atoms with van der Waals surface area (Å²) in [6, 6.07) is 6.50. The van der Waals surface area contributed by atoms with Crippen molar-refractivity contribution in [1.29, 1.82) is 0 Å². The Kier molecular flexibility index (Phi) is 2.97. The van der Waals surface area contributed by atoms with Crippen molar-refractivity contribution in [2.75, 3.05) is 17.8 Å². The Morgan fingerprint density at radius 2 is 2.07 bits per heavy atom. The maximum Gasteiger partial charge on any atom is 0.245 e. The highest BCUT2D eigenvalue weighted by Crippen LogP contribution is 2.20. The van der Waals surface area contributed by atoms with Crippen LogP contribution in [0.5, 0.6) is 5.75 Å². The number of rotatable bonds is 3. The Morgan fingerprint density at radius 1 is 1.43 bits per heavy atom. The molecule has 0 aliphatic rings. The van der Waals surface area contributed by atoms with Crippen LogP contribution in [-0.4, -0.2) is 21.8 Å². The molecule has 1 aromatic rings. The number of ether oxygens (including phenoxy) is 1. The number of hydrogen-bond acceptors (Lipinski definition) is 4. The fourth-order valence-corrected chi connectivity index (χ4v) is 1.44. The van der Waals surface area contributed by atoms with Gasteiger partial charge in [-0.1, -0.05) is 6.07 Å². The lowest BCUT2D eigenvalue weighted by Crippen LogP contribution is -2.36. The second-order valence-corrected chi connectivity index (χ2v) is 4.62. The monoisotopic (exact) mass is 216 g/mol. The molecule has 0 heterocycles. The molecule has 0 radical (unpaired) electrons. The summed E-state index contributed by atoms with van der Waals surface area (Å²) in [6.45, 7) is 0. The van der Waals surface area contributed by atoms with Crippen LogP contribution in [0, 0.1) is 0 Å². The number of nitrogens with zero attached hydrogens (tertiary/aromatic N) is 1. The molecule has 1 rings (SSSR count). The number of sulfonamides is 1. The van der Waals surface area contributed by atoms with Gasteiger partial charge in [-0.15, -0.1) is 0 Å². The third kappa shape index (κ3) is 2.36. The molecule has 14 heavy (non-hydrogen) atoms. The van der Waals surface area contributed by atoms with Crippen LogP contribution in [0.4, 0.5) is 5.69 Å². The number of nitrogens with two attached hydrogens (primary N) is 1. The second-order valence-electron chi connectivity index (χ2n) is 2.76. The fraction of sp³-hybridized carbons (Fsp3) is 0.250. The Balaban J connectivity index is 3.08. The first-order valence-electron chi connectivity index (χ1n) is 3.84. The van der Waals surface area contributed by atoms with Gasteiger partial charge in [-0.3, -0.25) is 0 Å². The van der Waals surface area contributed by atoms with Gasteiger partial charge < -0.3 is 4.74 Å². The Bertz CT molecular complexity index is 416. The second kappa shape index (κ2) is 3.85. The van der Waals surface area contributed by atoms with Crippen LogP contribution < -0.4 is 15.0 Å². The summed E-state index contributed by atoms with van der Waals surface area (Å²) < 4.78 is 27.8. The molecule has 1 aromatic carbocycles. The molecule has 0 fully saturated rings. The molecule has 5 nitrogen and oxygen atoms in total. The van der Waals surface area contributed by atoms with Crippen LogP contribution in [0.1, 0.15) is 0 Å². The van der Waals surface area contributed by atoms with Crippen molar-refractivity contribution in [1.82, 2.24) is 0 Å². The van der Waals surface area contributed by atoms with Gasteiger partial charge in [-0.2, -0.15) is 0 Å². The average molecular weight is 216 g/mol. The number of hydrazine groups is 1. The molecule has 0 amide bonds. The van der Waals surface area contributed by atoms with E-state index >= 15 is 0 Å². The highest BCUT2D eigenvalue weighted by molar-refractivity contribution is 7.92. The highest BCUT2D eigenvalue weighted by atomic mass is 32.2. The van der Waals surface area contributed by atoms with E-state index in [1.807, 2.05) is 0 Å². The zero-order chi connectivity index (χ0) is 10.8. The normalized spacial score (nSPS) is 11.1. The van der Waals surface area contributed by atoms with E-state index in [-0.39, 0.29) is 0 Å². The molecule has 6 heteroatoms. The minimum atomic E-state index is -3.43. The molecule has 0 aliphatic carbocycles. The van der Waals surface area contributed by atoms with E-state index in [9.17, 15) is 8.42 Å². The topological polar surface area (TPSA) is 72.6 Å². The molecule has 0 aliphatic heterocycles. The van der Waals surface area contributed by atoms with E-state index in [0.29, 0.717) is 15.9 Å². The van der Waals surface area contributed by atoms with Crippen molar-refractivity contribution < 1.29 is 13.2 Å². The standard InChI is InChI=1S/C8H12N2O3S/c1-13-8-5-3-4-7(6-8)10(9)14(2,11)12/h3-6H,9H2,1-2H3. The molecule has 0 atom stereocenters. The molecule has 0 spiro atoms. The largest absolute Gasteiger partial charge is 0.497 e. The van der Waals surface area contributed by atoms with Crippen LogP contribution in [0.15, 0.2) is 24.3 Å². The van der Waals surface area contributed by atoms with Gasteiger partial charge in [0.25, 0.3) is 0 Å². The van der Waals surface area contributed by atoms with Crippen LogP contribution >= 0.6 is 0 Å². The summed E-state index contributed by atoms with van der Waals surface area (Å²) in [5.41, 5.74) is 0.367. The van der Waals surface area contributed by atoms with Crippen LogP contribution in [0.3, 0.4) is 0 Å². The minimum absolute atomic E-state index is 0.367. The third-order valence-electron chi connectivity index (χ3n) is 1.67. The predicted octanol–water partition coefficient (Wildman–Crippen LogP) is 0.335. The quantitative estimate of drug-likeness (QED) is 0.584. The molecule has 0 unspecified atom stereocenters. The van der Waals surface area contributed by atoms with Crippen molar-refractivity contribution in [2.24, 2.45) is 5.84 Å². The zero-order valence-corrected chi connectivity index (χ0v) is 8.78. The summed E-state index contributed by atoms with van der Waals surface area (Å²) in [4.78, 5) is 0. The predicted molar refractivity (Wildman–Crippen MR) is 54.5 cm³/mol. The summed E-state index contributed by atoms with van der Waals surface area (Å²) in [6.07, 6.45) is 1.03. The number of methoxy groups -OCH3 is 1. The average Bonchev–Trinajstić information content (AvgIpc) is 2.15. The summed E-state index contributed by atoms with van der Waals surface area (Å²) in [7, 11) is -1.92. The smallest absolute Gasteiger partial charge is 0.245 e. The molecule has 2 N–H and O–H groups in total. The van der Waals surface area contributed by atoms with Crippen molar-refractivity contribution in [3.05, 3.63) is 24.3 Å². The fourth-order valence-electron chi connectivity index (χ4n) is 0.939. The third-order valence-corrected chi connectivity index (χ3v) is 2.59. The molecule has 78 valence electrons. The molecule has 0 saturated heterocycles. The van der Waals surface area contributed by atoms with E-state index in [2.05, 4.69) is 0 Å². The van der Waals surface area contributed by atoms with Crippen LogP contribution in [-0.2, 0) is 10.0 Å². The van der Waals surface area contributed by atoms with Crippen molar-refractivity contribution in [3.8, 4) is 5.75 Å². The SMILES string of the molecule is COc1cccc(N(N)S(C)(=O)=O)c1. The maximum atomic E-state index is 11.1. The lowest BCUT2D eigenvalue weighted by Gasteiger charge is -2.16. The Morgan fingerprint density at radius 3 is 2.57 bits per heavy atom. The van der Waals surface area contributed by atoms with Gasteiger partial charge in [0.2, 0.25) is 10.0 Å². The van der Waals surface area contributed by atoms with E-state index in [1.165, 1.54) is 7.11 Å². The van der Waals surface area contributed by atoms with Gasteiger partial charge in [-0.25, -0.2) is 18.7 Å². The van der Waals surface area contributed by atoms with Gasteiger partial charge in [0.15, 0.2) is 0 Å². The van der Waals surface area contributed by atoms with Crippen molar-refractivity contribution in [3.63, 3.8) is 0 Å². The lowest BCUT2D eigenvalue weighted by molar-refractivity contribution is 0.415. The first kappa shape index (κ1) is 10.8. The Hall–Kier alpha value is -1.27. The minimum Gasteiger partial charge on any atom is -0.497 e. The van der Waals surface area contributed by atoms with Crippen LogP contribution in [0.25, 0.3) is 0 Å².